The van der Waals surface area contributed by atoms with Crippen LogP contribution in [0.3, 0.4) is 0 Å². The number of primary amides is 1. The largest absolute Gasteiger partial charge is 0.392 e. The maximum Gasteiger partial charge on any atom is 0.248 e. The summed E-state index contributed by atoms with van der Waals surface area (Å²) in [6.07, 6.45) is 1.49. The quantitative estimate of drug-likeness (QED) is 0.810. The van der Waals surface area contributed by atoms with Crippen LogP contribution in [0, 0.1) is 0 Å². The number of fused-ring (bicyclic) bond motifs is 1. The third-order valence-electron chi connectivity index (χ3n) is 2.52. The van der Waals surface area contributed by atoms with Gasteiger partial charge in [-0.2, -0.15) is 0 Å². The number of hydrogen-bond donors (Lipinski definition) is 2. The van der Waals surface area contributed by atoms with Gasteiger partial charge in [-0.05, 0) is 31.2 Å². The van der Waals surface area contributed by atoms with Gasteiger partial charge in [-0.3, -0.25) is 4.79 Å². The Labute approximate surface area is 93.3 Å². The van der Waals surface area contributed by atoms with E-state index < -0.39 is 12.0 Å². The van der Waals surface area contributed by atoms with Gasteiger partial charge < -0.3 is 15.4 Å². The highest BCUT2D eigenvalue weighted by Gasteiger charge is 2.06. The van der Waals surface area contributed by atoms with E-state index >= 15 is 0 Å². The van der Waals surface area contributed by atoms with E-state index in [0.717, 1.165) is 10.9 Å². The Morgan fingerprint density at radius 3 is 2.88 bits per heavy atom. The zero-order valence-electron chi connectivity index (χ0n) is 9.05. The molecule has 2 aromatic rings. The Hall–Kier alpha value is -1.81. The molecule has 0 aliphatic rings. The van der Waals surface area contributed by atoms with Gasteiger partial charge in [0.1, 0.15) is 0 Å². The molecule has 84 valence electrons. The van der Waals surface area contributed by atoms with Crippen LogP contribution in [0.5, 0.6) is 0 Å². The number of aromatic nitrogens is 1. The number of carbonyl (C=O) groups is 1. The Kier molecular flexibility index (Phi) is 2.66. The van der Waals surface area contributed by atoms with Crippen LogP contribution in [0.1, 0.15) is 17.3 Å². The second-order valence-electron chi connectivity index (χ2n) is 3.95. The number of amides is 1. The van der Waals surface area contributed by atoms with Gasteiger partial charge in [0.05, 0.1) is 6.10 Å². The van der Waals surface area contributed by atoms with Crippen molar-refractivity contribution in [3.05, 3.63) is 36.0 Å². The number of carbonyl (C=O) groups excluding carboxylic acids is 1. The monoisotopic (exact) mass is 218 g/mol. The molecule has 0 radical (unpaired) electrons. The van der Waals surface area contributed by atoms with Crippen molar-refractivity contribution in [1.29, 1.82) is 0 Å². The van der Waals surface area contributed by atoms with Gasteiger partial charge in [0, 0.05) is 29.2 Å². The molecule has 0 bridgehead atoms. The molecule has 3 N–H and O–H groups in total. The Bertz CT molecular complexity index is 529. The molecule has 16 heavy (non-hydrogen) atoms. The van der Waals surface area contributed by atoms with Gasteiger partial charge in [-0.15, -0.1) is 0 Å². The first-order valence-electron chi connectivity index (χ1n) is 5.14. The lowest BCUT2D eigenvalue weighted by Gasteiger charge is -2.07. The first-order chi connectivity index (χ1) is 7.58. The minimum absolute atomic E-state index is 0.397. The highest BCUT2D eigenvalue weighted by Crippen LogP contribution is 2.17. The van der Waals surface area contributed by atoms with Crippen molar-refractivity contribution in [2.45, 2.75) is 19.6 Å². The fourth-order valence-electron chi connectivity index (χ4n) is 1.80. The van der Waals surface area contributed by atoms with Crippen molar-refractivity contribution >= 4 is 16.8 Å². The minimum atomic E-state index is -0.426. The SMILES string of the molecule is CC(O)Cn1ccc2cc(C(N)=O)ccc21. The fourth-order valence-corrected chi connectivity index (χ4v) is 1.80. The number of aliphatic hydroxyl groups excluding tert-OH is 1. The van der Waals surface area contributed by atoms with E-state index in [9.17, 15) is 9.90 Å². The molecule has 1 aromatic heterocycles. The summed E-state index contributed by atoms with van der Waals surface area (Å²) >= 11 is 0. The van der Waals surface area contributed by atoms with E-state index in [-0.39, 0.29) is 0 Å². The minimum Gasteiger partial charge on any atom is -0.392 e. The number of rotatable bonds is 3. The molecule has 0 aliphatic heterocycles. The highest BCUT2D eigenvalue weighted by atomic mass is 16.3. The summed E-state index contributed by atoms with van der Waals surface area (Å²) in [4.78, 5) is 11.0. The molecular weight excluding hydrogens is 204 g/mol. The Morgan fingerprint density at radius 1 is 1.50 bits per heavy atom. The van der Waals surface area contributed by atoms with Crippen molar-refractivity contribution in [2.75, 3.05) is 0 Å². The van der Waals surface area contributed by atoms with Crippen molar-refractivity contribution in [3.8, 4) is 0 Å². The van der Waals surface area contributed by atoms with Gasteiger partial charge in [0.2, 0.25) is 5.91 Å². The molecular formula is C12H14N2O2. The van der Waals surface area contributed by atoms with E-state index in [4.69, 9.17) is 5.73 Å². The van der Waals surface area contributed by atoms with E-state index in [1.165, 1.54) is 0 Å². The molecule has 0 spiro atoms. The summed E-state index contributed by atoms with van der Waals surface area (Å²) in [5.74, 6) is -0.426. The predicted molar refractivity (Wildman–Crippen MR) is 62.1 cm³/mol. The van der Waals surface area contributed by atoms with Gasteiger partial charge in [-0.1, -0.05) is 0 Å². The highest BCUT2D eigenvalue weighted by molar-refractivity contribution is 5.97. The zero-order chi connectivity index (χ0) is 11.7. The molecule has 0 aliphatic carbocycles. The van der Waals surface area contributed by atoms with E-state index in [0.29, 0.717) is 12.1 Å². The standard InChI is InChI=1S/C12H14N2O2/c1-8(15)7-14-5-4-9-6-10(12(13)16)2-3-11(9)14/h2-6,8,15H,7H2,1H3,(H2,13,16). The van der Waals surface area contributed by atoms with Crippen molar-refractivity contribution in [1.82, 2.24) is 4.57 Å². The predicted octanol–water partition coefficient (Wildman–Crippen LogP) is 1.12. The lowest BCUT2D eigenvalue weighted by atomic mass is 10.1. The second-order valence-corrected chi connectivity index (χ2v) is 3.95. The maximum absolute atomic E-state index is 11.0. The molecule has 4 heteroatoms. The number of hydrogen-bond acceptors (Lipinski definition) is 2. The molecule has 1 heterocycles. The summed E-state index contributed by atoms with van der Waals surface area (Å²) in [5, 5.41) is 10.3. The number of nitrogens with two attached hydrogens (primary N) is 1. The Morgan fingerprint density at radius 2 is 2.25 bits per heavy atom. The van der Waals surface area contributed by atoms with Crippen molar-refractivity contribution in [3.63, 3.8) is 0 Å². The molecule has 0 saturated carbocycles. The third-order valence-corrected chi connectivity index (χ3v) is 2.52. The Balaban J connectivity index is 2.46. The van der Waals surface area contributed by atoms with Gasteiger partial charge >= 0.3 is 0 Å². The van der Waals surface area contributed by atoms with Gasteiger partial charge in [-0.25, -0.2) is 0 Å². The van der Waals surface area contributed by atoms with Crippen molar-refractivity contribution in [2.24, 2.45) is 5.73 Å². The van der Waals surface area contributed by atoms with E-state index in [1.807, 2.05) is 22.9 Å². The summed E-state index contributed by atoms with van der Waals surface area (Å²) < 4.78 is 1.95. The molecule has 1 aromatic carbocycles. The van der Waals surface area contributed by atoms with Crippen LogP contribution in [0.25, 0.3) is 10.9 Å². The summed E-state index contributed by atoms with van der Waals surface area (Å²) in [5.41, 5.74) is 6.70. The van der Waals surface area contributed by atoms with Crippen LogP contribution in [-0.4, -0.2) is 21.7 Å². The summed E-state index contributed by atoms with van der Waals surface area (Å²) in [7, 11) is 0. The van der Waals surface area contributed by atoms with Crippen LogP contribution < -0.4 is 5.73 Å². The average Bonchev–Trinajstić information content (AvgIpc) is 2.60. The zero-order valence-corrected chi connectivity index (χ0v) is 9.05. The molecule has 0 saturated heterocycles. The van der Waals surface area contributed by atoms with Crippen LogP contribution in [0.2, 0.25) is 0 Å². The van der Waals surface area contributed by atoms with Crippen LogP contribution >= 0.6 is 0 Å². The third kappa shape index (κ3) is 1.92. The molecule has 0 fully saturated rings. The lowest BCUT2D eigenvalue weighted by molar-refractivity contribution is 0.100. The molecule has 1 unspecified atom stereocenters. The van der Waals surface area contributed by atoms with Crippen LogP contribution in [0.4, 0.5) is 0 Å². The summed E-state index contributed by atoms with van der Waals surface area (Å²) in [6, 6.07) is 7.21. The lowest BCUT2D eigenvalue weighted by Crippen LogP contribution is -2.11. The van der Waals surface area contributed by atoms with E-state index in [2.05, 4.69) is 0 Å². The van der Waals surface area contributed by atoms with Gasteiger partial charge in [0.25, 0.3) is 0 Å². The smallest absolute Gasteiger partial charge is 0.248 e. The first-order valence-corrected chi connectivity index (χ1v) is 5.14. The molecule has 1 atom stereocenters. The topological polar surface area (TPSA) is 68.2 Å². The molecule has 1 amide bonds. The molecule has 4 nitrogen and oxygen atoms in total. The molecule has 2 rings (SSSR count). The van der Waals surface area contributed by atoms with E-state index in [1.54, 1.807) is 19.1 Å². The van der Waals surface area contributed by atoms with Gasteiger partial charge in [0.15, 0.2) is 0 Å². The summed E-state index contributed by atoms with van der Waals surface area (Å²) in [6.45, 7) is 2.28. The number of benzene rings is 1. The number of nitrogens with zero attached hydrogens (tertiary/aromatic N) is 1. The van der Waals surface area contributed by atoms with Crippen molar-refractivity contribution < 1.29 is 9.90 Å². The average molecular weight is 218 g/mol. The second kappa shape index (κ2) is 3.98. The maximum atomic E-state index is 11.0. The number of aliphatic hydroxyl groups is 1. The fraction of sp³-hybridized carbons (Fsp3) is 0.250. The van der Waals surface area contributed by atoms with Crippen LogP contribution in [0.15, 0.2) is 30.5 Å². The van der Waals surface area contributed by atoms with Crippen LogP contribution in [-0.2, 0) is 6.54 Å². The normalized spacial score (nSPS) is 12.9. The first kappa shape index (κ1) is 10.7.